The van der Waals surface area contributed by atoms with Crippen LogP contribution in [0.3, 0.4) is 0 Å². The average molecular weight is 483 g/mol. The Morgan fingerprint density at radius 1 is 0.719 bits per heavy atom. The van der Waals surface area contributed by atoms with E-state index in [0.29, 0.717) is 11.0 Å². The van der Waals surface area contributed by atoms with Gasteiger partial charge in [0.05, 0.1) is 0 Å². The van der Waals surface area contributed by atoms with Gasteiger partial charge in [-0.3, -0.25) is 0 Å². The number of benzene rings is 4. The minimum absolute atomic E-state index is 0.535. The van der Waals surface area contributed by atoms with E-state index < -0.39 is 25.2 Å². The van der Waals surface area contributed by atoms with E-state index in [1.54, 1.807) is 7.11 Å². The van der Waals surface area contributed by atoms with Crippen molar-refractivity contribution in [3.8, 4) is 5.75 Å². The quantitative estimate of drug-likeness (QED) is 0.385. The molecule has 0 aromatic heterocycles. The van der Waals surface area contributed by atoms with E-state index in [1.165, 1.54) is 13.2 Å². The number of rotatable bonds is 8. The normalized spacial score (nSPS) is 12.2. The molecule has 0 aliphatic carbocycles. The fourth-order valence-electron chi connectivity index (χ4n) is 4.61. The SMILES string of the molecule is COc1ccccc1C([CH2][Ge]([c]1ccccc1)([c]1ccccc1)[c]1ccccc1)C(=O)O. The minimum atomic E-state index is -3.42. The monoisotopic (exact) mass is 484 g/mol. The van der Waals surface area contributed by atoms with Crippen molar-refractivity contribution in [2.24, 2.45) is 0 Å². The number of hydrogen-bond acceptors (Lipinski definition) is 2. The van der Waals surface area contributed by atoms with Crippen LogP contribution >= 0.6 is 0 Å². The summed E-state index contributed by atoms with van der Waals surface area (Å²) >= 11 is -3.42. The Morgan fingerprint density at radius 2 is 1.12 bits per heavy atom. The molecular weight excluding hydrogens is 457 g/mol. The Balaban J connectivity index is 2.00. The average Bonchev–Trinajstić information content (AvgIpc) is 2.86. The number of ether oxygens (including phenoxy) is 1. The number of hydrogen-bond donors (Lipinski definition) is 1. The van der Waals surface area contributed by atoms with Crippen molar-refractivity contribution >= 4 is 32.4 Å². The zero-order valence-electron chi connectivity index (χ0n) is 18.0. The molecule has 4 heteroatoms. The molecule has 4 rings (SSSR count). The Kier molecular flexibility index (Phi) is 6.76. The van der Waals surface area contributed by atoms with Crippen LogP contribution in [0.5, 0.6) is 5.75 Å². The molecule has 0 aliphatic heterocycles. The zero-order chi connectivity index (χ0) is 22.4. The number of carbonyl (C=O) groups is 1. The summed E-state index contributed by atoms with van der Waals surface area (Å²) in [6.45, 7) is 0. The third-order valence-electron chi connectivity index (χ3n) is 6.12. The summed E-state index contributed by atoms with van der Waals surface area (Å²) in [5, 5.41) is 11.0. The molecule has 1 atom stereocenters. The fraction of sp³-hybridized carbons (Fsp3) is 0.107. The van der Waals surface area contributed by atoms with Gasteiger partial charge in [-0.25, -0.2) is 0 Å². The van der Waals surface area contributed by atoms with Crippen LogP contribution < -0.4 is 17.9 Å². The molecule has 1 unspecified atom stereocenters. The summed E-state index contributed by atoms with van der Waals surface area (Å²) < 4.78 is 9.29. The summed E-state index contributed by atoms with van der Waals surface area (Å²) in [4.78, 5) is 12.7. The number of methoxy groups -OCH3 is 1. The third kappa shape index (κ3) is 4.21. The van der Waals surface area contributed by atoms with Crippen molar-refractivity contribution in [2.45, 2.75) is 11.2 Å². The molecule has 0 amide bonds. The van der Waals surface area contributed by atoms with Gasteiger partial charge in [-0.05, 0) is 0 Å². The van der Waals surface area contributed by atoms with Gasteiger partial charge >= 0.3 is 192 Å². The molecular formula is C28H26GeO3. The number of carboxylic acids is 1. The summed E-state index contributed by atoms with van der Waals surface area (Å²) in [5.41, 5.74) is 0.722. The molecule has 0 saturated carbocycles. The molecule has 4 aromatic carbocycles. The van der Waals surface area contributed by atoms with Crippen molar-refractivity contribution in [3.05, 3.63) is 121 Å². The van der Waals surface area contributed by atoms with Gasteiger partial charge < -0.3 is 0 Å². The Bertz CT molecular complexity index is 1060. The summed E-state index contributed by atoms with van der Waals surface area (Å²) in [5.74, 6) is -0.899. The standard InChI is InChI=1S/C28H26GeO3/c1-32-27-20-12-11-19-25(27)26(28(30)31)21-29(22-13-5-2-6-14-22,23-15-7-3-8-16-23)24-17-9-4-10-18-24/h2-20,26H,21H2,1H3,(H,30,31). The van der Waals surface area contributed by atoms with Crippen molar-refractivity contribution < 1.29 is 14.6 Å². The van der Waals surface area contributed by atoms with Crippen LogP contribution in [-0.2, 0) is 4.79 Å². The van der Waals surface area contributed by atoms with Crippen LogP contribution in [0, 0.1) is 0 Å². The molecule has 1 N–H and O–H groups in total. The van der Waals surface area contributed by atoms with Crippen LogP contribution in [0.2, 0.25) is 5.25 Å². The second-order valence-electron chi connectivity index (χ2n) is 7.84. The Hall–Kier alpha value is -3.31. The number of aliphatic carboxylic acids is 1. The van der Waals surface area contributed by atoms with Gasteiger partial charge in [-0.2, -0.15) is 0 Å². The molecule has 3 nitrogen and oxygen atoms in total. The summed E-state index contributed by atoms with van der Waals surface area (Å²) in [7, 11) is 1.60. The second-order valence-corrected chi connectivity index (χ2v) is 16.1. The molecule has 0 radical (unpaired) electrons. The van der Waals surface area contributed by atoms with Gasteiger partial charge in [0.25, 0.3) is 0 Å². The van der Waals surface area contributed by atoms with Crippen molar-refractivity contribution in [1.82, 2.24) is 0 Å². The molecule has 32 heavy (non-hydrogen) atoms. The van der Waals surface area contributed by atoms with E-state index in [4.69, 9.17) is 4.74 Å². The molecule has 4 aromatic rings. The molecule has 160 valence electrons. The first-order valence-electron chi connectivity index (χ1n) is 10.7. The van der Waals surface area contributed by atoms with Crippen LogP contribution in [0.1, 0.15) is 11.5 Å². The molecule has 0 spiro atoms. The van der Waals surface area contributed by atoms with Gasteiger partial charge in [-0.15, -0.1) is 0 Å². The van der Waals surface area contributed by atoms with E-state index in [0.717, 1.165) is 5.56 Å². The Labute approximate surface area is 191 Å². The molecule has 0 bridgehead atoms. The first kappa shape index (κ1) is 21.9. The van der Waals surface area contributed by atoms with E-state index in [1.807, 2.05) is 42.5 Å². The summed E-state index contributed by atoms with van der Waals surface area (Å²) in [6.07, 6.45) is 0. The van der Waals surface area contributed by atoms with E-state index in [2.05, 4.69) is 72.8 Å². The van der Waals surface area contributed by atoms with Gasteiger partial charge in [0, 0.05) is 0 Å². The fourth-order valence-corrected chi connectivity index (χ4v) is 15.1. The van der Waals surface area contributed by atoms with E-state index in [9.17, 15) is 9.90 Å². The van der Waals surface area contributed by atoms with E-state index in [-0.39, 0.29) is 0 Å². The summed E-state index contributed by atoms with van der Waals surface area (Å²) in [6, 6.07) is 38.9. The van der Waals surface area contributed by atoms with Crippen molar-refractivity contribution in [3.63, 3.8) is 0 Å². The van der Waals surface area contributed by atoms with Gasteiger partial charge in [-0.1, -0.05) is 0 Å². The van der Waals surface area contributed by atoms with Gasteiger partial charge in [0.2, 0.25) is 0 Å². The Morgan fingerprint density at radius 3 is 1.53 bits per heavy atom. The molecule has 0 heterocycles. The maximum atomic E-state index is 12.7. The van der Waals surface area contributed by atoms with Crippen LogP contribution in [0.15, 0.2) is 115 Å². The third-order valence-corrected chi connectivity index (χ3v) is 16.6. The predicted molar refractivity (Wildman–Crippen MR) is 132 cm³/mol. The van der Waals surface area contributed by atoms with Crippen molar-refractivity contribution in [1.29, 1.82) is 0 Å². The molecule has 0 aliphatic rings. The van der Waals surface area contributed by atoms with Gasteiger partial charge in [0.1, 0.15) is 0 Å². The van der Waals surface area contributed by atoms with Crippen LogP contribution in [0.4, 0.5) is 0 Å². The maximum absolute atomic E-state index is 12.7. The topological polar surface area (TPSA) is 46.5 Å². The first-order valence-corrected chi connectivity index (χ1v) is 15.3. The number of para-hydroxylation sites is 1. The molecule has 0 fully saturated rings. The number of carboxylic acid groups (broad SMARTS) is 1. The second kappa shape index (κ2) is 9.88. The van der Waals surface area contributed by atoms with Gasteiger partial charge in [0.15, 0.2) is 0 Å². The zero-order valence-corrected chi connectivity index (χ0v) is 20.1. The van der Waals surface area contributed by atoms with E-state index >= 15 is 0 Å². The predicted octanol–water partition coefficient (Wildman–Crippen LogP) is 4.03. The van der Waals surface area contributed by atoms with Crippen LogP contribution in [0.25, 0.3) is 0 Å². The van der Waals surface area contributed by atoms with Crippen molar-refractivity contribution in [2.75, 3.05) is 7.11 Å². The van der Waals surface area contributed by atoms with Crippen LogP contribution in [-0.4, -0.2) is 31.5 Å². The first-order chi connectivity index (χ1) is 15.7. The molecule has 0 saturated heterocycles.